The average molecular weight is 375 g/mol. The molecule has 0 aliphatic heterocycles. The molecule has 0 saturated carbocycles. The molecule has 2 aromatic carbocycles. The number of amides is 1. The van der Waals surface area contributed by atoms with Crippen molar-refractivity contribution in [1.82, 2.24) is 0 Å². The molecule has 128 valence electrons. The largest absolute Gasteiger partial charge is 0.313 e. The lowest BCUT2D eigenvalue weighted by molar-refractivity contribution is 0.102. The van der Waals surface area contributed by atoms with E-state index in [-0.39, 0.29) is 14.7 Å². The summed E-state index contributed by atoms with van der Waals surface area (Å²) in [4.78, 5) is 12.4. The van der Waals surface area contributed by atoms with Gasteiger partial charge < -0.3 is 5.32 Å². The van der Waals surface area contributed by atoms with Gasteiger partial charge in [-0.3, -0.25) is 4.79 Å². The highest BCUT2D eigenvalue weighted by molar-refractivity contribution is 7.93. The highest BCUT2D eigenvalue weighted by Crippen LogP contribution is 2.34. The summed E-state index contributed by atoms with van der Waals surface area (Å²) in [7, 11) is -3.66. The van der Waals surface area contributed by atoms with Crippen LogP contribution in [0.5, 0.6) is 0 Å². The molecule has 1 aromatic heterocycles. The van der Waals surface area contributed by atoms with Gasteiger partial charge in [0.05, 0.1) is 15.5 Å². The second kappa shape index (κ2) is 6.78. The summed E-state index contributed by atoms with van der Waals surface area (Å²) in [5.41, 5.74) is 0.429. The topological polar surface area (TPSA) is 63.2 Å². The van der Waals surface area contributed by atoms with Crippen LogP contribution in [0, 0.1) is 12.7 Å². The lowest BCUT2D eigenvalue weighted by atomic mass is 10.2. The maximum Gasteiger partial charge on any atom is 0.259 e. The number of thiophene rings is 1. The predicted molar refractivity (Wildman–Crippen MR) is 95.3 cm³/mol. The number of sulfone groups is 1. The quantitative estimate of drug-likeness (QED) is 0.740. The molecule has 0 bridgehead atoms. The molecule has 0 spiro atoms. The van der Waals surface area contributed by atoms with Gasteiger partial charge in [-0.2, -0.15) is 0 Å². The second-order valence-electron chi connectivity index (χ2n) is 5.33. The number of benzene rings is 2. The Bertz CT molecular complexity index is 1030. The molecular formula is C18H14FNO3S2. The van der Waals surface area contributed by atoms with Gasteiger partial charge in [0.15, 0.2) is 0 Å². The summed E-state index contributed by atoms with van der Waals surface area (Å²) in [6.45, 7) is 1.66. The van der Waals surface area contributed by atoms with Crippen LogP contribution in [0.25, 0.3) is 0 Å². The van der Waals surface area contributed by atoms with Gasteiger partial charge in [-0.05, 0) is 42.8 Å². The molecule has 0 fully saturated rings. The number of carbonyl (C=O) groups excluding carboxylic acids is 1. The molecule has 1 N–H and O–H groups in total. The molecule has 0 radical (unpaired) electrons. The SMILES string of the molecule is Cc1cc(NC(=O)c2ccccc2F)sc1S(=O)(=O)c1ccccc1. The zero-order valence-electron chi connectivity index (χ0n) is 13.2. The van der Waals surface area contributed by atoms with E-state index in [1.165, 1.54) is 30.3 Å². The third kappa shape index (κ3) is 3.47. The molecule has 3 rings (SSSR count). The summed E-state index contributed by atoms with van der Waals surface area (Å²) in [5.74, 6) is -1.26. The Balaban J connectivity index is 1.91. The van der Waals surface area contributed by atoms with E-state index < -0.39 is 21.6 Å². The highest BCUT2D eigenvalue weighted by Gasteiger charge is 2.23. The molecule has 0 saturated heterocycles. The Kier molecular flexibility index (Phi) is 4.69. The van der Waals surface area contributed by atoms with Crippen LogP contribution in [0.3, 0.4) is 0 Å². The maximum atomic E-state index is 13.7. The first kappa shape index (κ1) is 17.3. The van der Waals surface area contributed by atoms with Crippen molar-refractivity contribution in [3.05, 3.63) is 77.6 Å². The lowest BCUT2D eigenvalue weighted by Crippen LogP contribution is -2.12. The number of rotatable bonds is 4. The Morgan fingerprint density at radius 1 is 1.04 bits per heavy atom. The minimum absolute atomic E-state index is 0.0963. The van der Waals surface area contributed by atoms with E-state index in [4.69, 9.17) is 0 Å². The molecule has 1 amide bonds. The molecular weight excluding hydrogens is 361 g/mol. The summed E-state index contributed by atoms with van der Waals surface area (Å²) in [6, 6.07) is 15.3. The van der Waals surface area contributed by atoms with E-state index in [1.807, 2.05) is 0 Å². The van der Waals surface area contributed by atoms with Crippen LogP contribution in [-0.4, -0.2) is 14.3 Å². The smallest absolute Gasteiger partial charge is 0.259 e. The standard InChI is InChI=1S/C18H14FNO3S2/c1-12-11-16(20-17(21)14-9-5-6-10-15(14)19)24-18(12)25(22,23)13-7-3-2-4-8-13/h2-11H,1H3,(H,20,21). The number of hydrogen-bond donors (Lipinski definition) is 1. The molecule has 25 heavy (non-hydrogen) atoms. The number of halogens is 1. The average Bonchev–Trinajstić information content (AvgIpc) is 2.97. The summed E-state index contributed by atoms with van der Waals surface area (Å²) >= 11 is 0.948. The van der Waals surface area contributed by atoms with Gasteiger partial charge in [0.1, 0.15) is 10.0 Å². The lowest BCUT2D eigenvalue weighted by Gasteiger charge is -2.04. The fraction of sp³-hybridized carbons (Fsp3) is 0.0556. The van der Waals surface area contributed by atoms with Gasteiger partial charge in [-0.15, -0.1) is 11.3 Å². The van der Waals surface area contributed by atoms with Crippen molar-refractivity contribution in [1.29, 1.82) is 0 Å². The number of carbonyl (C=O) groups is 1. The summed E-state index contributed by atoms with van der Waals surface area (Å²) in [5, 5.41) is 2.91. The highest BCUT2D eigenvalue weighted by atomic mass is 32.2. The zero-order valence-corrected chi connectivity index (χ0v) is 14.8. The van der Waals surface area contributed by atoms with E-state index in [9.17, 15) is 17.6 Å². The van der Waals surface area contributed by atoms with Gasteiger partial charge in [0, 0.05) is 0 Å². The van der Waals surface area contributed by atoms with Gasteiger partial charge in [-0.1, -0.05) is 30.3 Å². The monoisotopic (exact) mass is 375 g/mol. The Hall–Kier alpha value is -2.51. The molecule has 3 aromatic rings. The van der Waals surface area contributed by atoms with Crippen molar-refractivity contribution in [3.8, 4) is 0 Å². The first-order chi connectivity index (χ1) is 11.9. The van der Waals surface area contributed by atoms with Gasteiger partial charge in [0.25, 0.3) is 5.91 Å². The van der Waals surface area contributed by atoms with Crippen LogP contribution >= 0.6 is 11.3 Å². The van der Waals surface area contributed by atoms with Crippen LogP contribution < -0.4 is 5.32 Å². The number of hydrogen-bond acceptors (Lipinski definition) is 4. The van der Waals surface area contributed by atoms with Gasteiger partial charge >= 0.3 is 0 Å². The third-order valence-electron chi connectivity index (χ3n) is 3.53. The van der Waals surface area contributed by atoms with Crippen LogP contribution in [0.2, 0.25) is 0 Å². The summed E-state index contributed by atoms with van der Waals surface area (Å²) < 4.78 is 39.3. The van der Waals surface area contributed by atoms with Crippen molar-refractivity contribution in [2.24, 2.45) is 0 Å². The van der Waals surface area contributed by atoms with E-state index in [0.717, 1.165) is 11.3 Å². The van der Waals surface area contributed by atoms with E-state index in [0.29, 0.717) is 10.6 Å². The maximum absolute atomic E-state index is 13.7. The first-order valence-corrected chi connectivity index (χ1v) is 9.66. The first-order valence-electron chi connectivity index (χ1n) is 7.36. The van der Waals surface area contributed by atoms with Crippen LogP contribution in [0.15, 0.2) is 69.8 Å². The Labute approximate surface area is 148 Å². The second-order valence-corrected chi connectivity index (χ2v) is 8.53. The van der Waals surface area contributed by atoms with Gasteiger partial charge in [-0.25, -0.2) is 12.8 Å². The van der Waals surface area contributed by atoms with Crippen molar-refractivity contribution in [3.63, 3.8) is 0 Å². The van der Waals surface area contributed by atoms with Crippen molar-refractivity contribution < 1.29 is 17.6 Å². The molecule has 0 aliphatic carbocycles. The normalized spacial score (nSPS) is 11.3. The third-order valence-corrected chi connectivity index (χ3v) is 7.08. The van der Waals surface area contributed by atoms with Gasteiger partial charge in [0.2, 0.25) is 9.84 Å². The molecule has 0 aliphatic rings. The van der Waals surface area contributed by atoms with E-state index in [1.54, 1.807) is 37.3 Å². The van der Waals surface area contributed by atoms with E-state index >= 15 is 0 Å². The van der Waals surface area contributed by atoms with Crippen LogP contribution in [0.4, 0.5) is 9.39 Å². The predicted octanol–water partition coefficient (Wildman–Crippen LogP) is 4.28. The summed E-state index contributed by atoms with van der Waals surface area (Å²) in [6.07, 6.45) is 0. The molecule has 4 nitrogen and oxygen atoms in total. The molecule has 1 heterocycles. The number of aryl methyl sites for hydroxylation is 1. The fourth-order valence-corrected chi connectivity index (χ4v) is 5.33. The van der Waals surface area contributed by atoms with Crippen LogP contribution in [-0.2, 0) is 9.84 Å². The van der Waals surface area contributed by atoms with Crippen molar-refractivity contribution in [2.75, 3.05) is 5.32 Å². The molecule has 0 unspecified atom stereocenters. The van der Waals surface area contributed by atoms with Crippen molar-refractivity contribution in [2.45, 2.75) is 16.0 Å². The fourth-order valence-electron chi connectivity index (χ4n) is 2.33. The Morgan fingerprint density at radius 3 is 2.36 bits per heavy atom. The van der Waals surface area contributed by atoms with Crippen LogP contribution in [0.1, 0.15) is 15.9 Å². The molecule has 7 heteroatoms. The minimum atomic E-state index is -3.66. The van der Waals surface area contributed by atoms with Crippen molar-refractivity contribution >= 4 is 32.1 Å². The minimum Gasteiger partial charge on any atom is -0.313 e. The molecule has 0 atom stereocenters. The Morgan fingerprint density at radius 2 is 1.68 bits per heavy atom. The van der Waals surface area contributed by atoms with E-state index in [2.05, 4.69) is 5.32 Å². The number of nitrogens with one attached hydrogen (secondary N) is 1. The number of anilines is 1. The zero-order chi connectivity index (χ0) is 18.0.